The molecule has 0 amide bonds. The molecule has 0 saturated carbocycles. The topological polar surface area (TPSA) is 158 Å². The highest BCUT2D eigenvalue weighted by Crippen LogP contribution is 2.19. The number of carbonyl (C=O) groups is 6. The lowest BCUT2D eigenvalue weighted by molar-refractivity contribution is -0.156. The van der Waals surface area contributed by atoms with Gasteiger partial charge in [-0.1, -0.05) is 13.2 Å². The van der Waals surface area contributed by atoms with Crippen molar-refractivity contribution < 1.29 is 57.2 Å². The van der Waals surface area contributed by atoms with Gasteiger partial charge in [-0.3, -0.25) is 19.2 Å². The van der Waals surface area contributed by atoms with Crippen LogP contribution >= 0.6 is 0 Å². The van der Waals surface area contributed by atoms with Crippen molar-refractivity contribution >= 4 is 35.8 Å². The van der Waals surface area contributed by atoms with Crippen LogP contribution in [0.4, 0.5) is 0 Å². The molecular weight excluding hydrogens is 444 g/mol. The number of rotatable bonds is 14. The number of esters is 6. The molecule has 0 aliphatic heterocycles. The molecule has 0 N–H and O–H groups in total. The molecule has 0 bridgehead atoms. The van der Waals surface area contributed by atoms with E-state index in [0.717, 1.165) is 28.4 Å². The molecule has 0 aromatic rings. The summed E-state index contributed by atoms with van der Waals surface area (Å²) in [6.45, 7) is 6.43. The smallest absolute Gasteiger partial charge is 0.334 e. The minimum atomic E-state index is -1.32. The van der Waals surface area contributed by atoms with Gasteiger partial charge in [-0.05, 0) is 0 Å². The Hall–Kier alpha value is -3.70. The summed E-state index contributed by atoms with van der Waals surface area (Å²) in [5.41, 5.74) is -0.572. The average molecular weight is 472 g/mol. The number of methoxy groups -OCH3 is 4. The predicted molar refractivity (Wildman–Crippen MR) is 109 cm³/mol. The molecular formula is C21H28O12. The zero-order valence-corrected chi connectivity index (χ0v) is 19.0. The van der Waals surface area contributed by atoms with Crippen molar-refractivity contribution in [2.75, 3.05) is 41.7 Å². The fourth-order valence-corrected chi connectivity index (χ4v) is 2.35. The van der Waals surface area contributed by atoms with Gasteiger partial charge in [0.2, 0.25) is 0 Å². The van der Waals surface area contributed by atoms with Gasteiger partial charge >= 0.3 is 35.8 Å². The maximum Gasteiger partial charge on any atom is 0.334 e. The first-order valence-electron chi connectivity index (χ1n) is 9.55. The highest BCUT2D eigenvalue weighted by atomic mass is 16.6. The van der Waals surface area contributed by atoms with Crippen molar-refractivity contribution in [3.05, 3.63) is 24.3 Å². The number of hydrogen-bond acceptors (Lipinski definition) is 12. The van der Waals surface area contributed by atoms with Crippen LogP contribution in [0.2, 0.25) is 0 Å². The highest BCUT2D eigenvalue weighted by molar-refractivity contribution is 5.97. The van der Waals surface area contributed by atoms with Gasteiger partial charge in [0.1, 0.15) is 0 Å². The van der Waals surface area contributed by atoms with Crippen molar-refractivity contribution in [1.29, 1.82) is 0 Å². The zero-order chi connectivity index (χ0) is 25.6. The summed E-state index contributed by atoms with van der Waals surface area (Å²) in [7, 11) is 4.40. The summed E-state index contributed by atoms with van der Waals surface area (Å²) < 4.78 is 28.0. The lowest BCUT2D eigenvalue weighted by atomic mass is 9.97. The molecule has 33 heavy (non-hydrogen) atoms. The van der Waals surface area contributed by atoms with Crippen LogP contribution in [0.5, 0.6) is 0 Å². The fourth-order valence-electron chi connectivity index (χ4n) is 2.35. The third kappa shape index (κ3) is 9.97. The molecule has 0 radical (unpaired) electrons. The van der Waals surface area contributed by atoms with Gasteiger partial charge in [-0.2, -0.15) is 0 Å². The maximum absolute atomic E-state index is 12.3. The molecule has 0 saturated heterocycles. The summed E-state index contributed by atoms with van der Waals surface area (Å²) in [6, 6.07) is 0. The van der Waals surface area contributed by atoms with E-state index in [1.165, 1.54) is 0 Å². The van der Waals surface area contributed by atoms with Crippen molar-refractivity contribution in [3.8, 4) is 0 Å². The second-order valence-electron chi connectivity index (χ2n) is 6.39. The van der Waals surface area contributed by atoms with Crippen LogP contribution in [0.15, 0.2) is 24.3 Å². The first-order valence-corrected chi connectivity index (χ1v) is 9.55. The molecule has 0 heterocycles. The molecule has 0 aromatic heterocycles. The van der Waals surface area contributed by atoms with E-state index in [-0.39, 0.29) is 30.8 Å². The molecule has 2 unspecified atom stereocenters. The van der Waals surface area contributed by atoms with Gasteiger partial charge in [0.25, 0.3) is 0 Å². The van der Waals surface area contributed by atoms with E-state index in [1.54, 1.807) is 0 Å². The highest BCUT2D eigenvalue weighted by Gasteiger charge is 2.32. The Morgan fingerprint density at radius 3 is 1.21 bits per heavy atom. The van der Waals surface area contributed by atoms with Gasteiger partial charge in [0.05, 0.1) is 66.3 Å². The molecule has 0 aromatic carbocycles. The molecule has 0 fully saturated rings. The van der Waals surface area contributed by atoms with Crippen LogP contribution < -0.4 is 0 Å². The summed E-state index contributed by atoms with van der Waals surface area (Å²) >= 11 is 0. The predicted octanol–water partition coefficient (Wildman–Crippen LogP) is 0.280. The SMILES string of the molecule is C=C(C(=O)OC)C(CC(=O)OC)C(=O)OCCCOC(=O)C(CC(=O)OC)C(=C)C(=O)OC. The van der Waals surface area contributed by atoms with E-state index in [2.05, 4.69) is 32.1 Å². The summed E-state index contributed by atoms with van der Waals surface area (Å²) in [6.07, 6.45) is -0.936. The molecule has 184 valence electrons. The number of ether oxygens (including phenoxy) is 6. The lowest BCUT2D eigenvalue weighted by Gasteiger charge is -2.17. The quantitative estimate of drug-likeness (QED) is 0.147. The van der Waals surface area contributed by atoms with Crippen molar-refractivity contribution in [2.45, 2.75) is 19.3 Å². The van der Waals surface area contributed by atoms with Crippen LogP contribution in [-0.4, -0.2) is 77.5 Å². The Morgan fingerprint density at radius 2 is 0.939 bits per heavy atom. The monoisotopic (exact) mass is 472 g/mol. The van der Waals surface area contributed by atoms with Crippen LogP contribution in [0.25, 0.3) is 0 Å². The van der Waals surface area contributed by atoms with E-state index in [1.807, 2.05) is 0 Å². The molecule has 12 heteroatoms. The first-order chi connectivity index (χ1) is 15.5. The average Bonchev–Trinajstić information content (AvgIpc) is 2.82. The van der Waals surface area contributed by atoms with E-state index < -0.39 is 60.5 Å². The Bertz CT molecular complexity index is 718. The molecule has 0 aliphatic rings. The minimum Gasteiger partial charge on any atom is -0.469 e. The minimum absolute atomic E-state index is 0.0305. The van der Waals surface area contributed by atoms with Crippen molar-refractivity contribution in [2.24, 2.45) is 11.8 Å². The van der Waals surface area contributed by atoms with E-state index in [4.69, 9.17) is 9.47 Å². The van der Waals surface area contributed by atoms with Gasteiger partial charge < -0.3 is 28.4 Å². The van der Waals surface area contributed by atoms with Crippen LogP contribution in [-0.2, 0) is 57.2 Å². The van der Waals surface area contributed by atoms with Crippen LogP contribution in [0.3, 0.4) is 0 Å². The third-order valence-electron chi connectivity index (χ3n) is 4.28. The van der Waals surface area contributed by atoms with E-state index in [0.29, 0.717) is 0 Å². The lowest BCUT2D eigenvalue weighted by Crippen LogP contribution is -2.28. The first kappa shape index (κ1) is 29.3. The van der Waals surface area contributed by atoms with Gasteiger partial charge in [0, 0.05) is 17.6 Å². The molecule has 2 atom stereocenters. The maximum atomic E-state index is 12.3. The summed E-state index contributed by atoms with van der Waals surface area (Å²) in [5.74, 6) is -7.80. The van der Waals surface area contributed by atoms with Crippen LogP contribution in [0, 0.1) is 11.8 Å². The van der Waals surface area contributed by atoms with Crippen molar-refractivity contribution in [1.82, 2.24) is 0 Å². The summed E-state index contributed by atoms with van der Waals surface area (Å²) in [5, 5.41) is 0. The van der Waals surface area contributed by atoms with Gasteiger partial charge in [-0.15, -0.1) is 0 Å². The third-order valence-corrected chi connectivity index (χ3v) is 4.28. The fraction of sp³-hybridized carbons (Fsp3) is 0.524. The van der Waals surface area contributed by atoms with E-state index >= 15 is 0 Å². The Kier molecular flexibility index (Phi) is 13.5. The number of hydrogen-bond donors (Lipinski definition) is 0. The Morgan fingerprint density at radius 1 is 0.606 bits per heavy atom. The molecule has 0 rings (SSSR count). The largest absolute Gasteiger partial charge is 0.469 e. The van der Waals surface area contributed by atoms with E-state index in [9.17, 15) is 28.8 Å². The Balaban J connectivity index is 4.86. The Labute approximate surface area is 190 Å². The standard InChI is InChI=1S/C21H28O12/c1-12(18(24)30-5)14(10-16(22)28-3)20(26)32-8-7-9-33-21(27)15(11-17(23)29-4)13(2)19(25)31-6/h14-15H,1-2,7-11H2,3-6H3. The van der Waals surface area contributed by atoms with Crippen LogP contribution in [0.1, 0.15) is 19.3 Å². The molecule has 0 aliphatic carbocycles. The second-order valence-corrected chi connectivity index (χ2v) is 6.39. The normalized spacial score (nSPS) is 11.8. The second kappa shape index (κ2) is 15.2. The van der Waals surface area contributed by atoms with Gasteiger partial charge in [-0.25, -0.2) is 9.59 Å². The van der Waals surface area contributed by atoms with Crippen molar-refractivity contribution in [3.63, 3.8) is 0 Å². The summed E-state index contributed by atoms with van der Waals surface area (Å²) in [4.78, 5) is 70.9. The van der Waals surface area contributed by atoms with Gasteiger partial charge in [0.15, 0.2) is 0 Å². The number of carbonyl (C=O) groups excluding carboxylic acids is 6. The molecule has 12 nitrogen and oxygen atoms in total. The zero-order valence-electron chi connectivity index (χ0n) is 19.0. The molecule has 0 spiro atoms.